The van der Waals surface area contributed by atoms with Crippen molar-refractivity contribution in [3.63, 3.8) is 0 Å². The van der Waals surface area contributed by atoms with Gasteiger partial charge in [0.1, 0.15) is 18.8 Å². The lowest BCUT2D eigenvalue weighted by Gasteiger charge is -2.24. The Morgan fingerprint density at radius 3 is 2.63 bits per heavy atom. The number of alkyl halides is 1. The summed E-state index contributed by atoms with van der Waals surface area (Å²) in [6.45, 7) is 0.974. The highest BCUT2D eigenvalue weighted by molar-refractivity contribution is 9.10. The molecule has 3 atom stereocenters. The van der Waals surface area contributed by atoms with E-state index in [0.29, 0.717) is 22.2 Å². The summed E-state index contributed by atoms with van der Waals surface area (Å²) in [5.41, 5.74) is 1.40. The highest BCUT2D eigenvalue weighted by Gasteiger charge is 2.40. The normalized spacial score (nSPS) is 19.5. The molecule has 0 bridgehead atoms. The summed E-state index contributed by atoms with van der Waals surface area (Å²) >= 11 is 3.34. The Morgan fingerprint density at radius 1 is 1.23 bits per heavy atom. The number of halogens is 2. The molecular formula is C24H24BrFN4O4S. The Labute approximate surface area is 210 Å². The van der Waals surface area contributed by atoms with Crippen LogP contribution in [0.15, 0.2) is 58.0 Å². The number of nitrogens with zero attached hydrogens (tertiary/aromatic N) is 2. The molecule has 3 aromatic rings. The van der Waals surface area contributed by atoms with Crippen LogP contribution in [0, 0.1) is 4.78 Å². The standard InChI is InChI=1S/C24H24BrFN4O4S/c1-14(31)20-12-29(21-7-6-18(10-19(20)21)35(2,27)34)13-23(32)30-11-16(26)9-22(30)24(33)28-17-5-3-4-15(25)8-17/h3-8,10,12,16,22,27H,9,11,13H2,1-2H3,(H,28,33)/t16-,22+,35?/m1/s1. The summed E-state index contributed by atoms with van der Waals surface area (Å²) in [5, 5.41) is 3.22. The fraction of sp³-hybridized carbons (Fsp3) is 0.292. The number of amides is 2. The van der Waals surface area contributed by atoms with Crippen LogP contribution in [0.2, 0.25) is 0 Å². The molecule has 35 heavy (non-hydrogen) atoms. The van der Waals surface area contributed by atoms with Crippen molar-refractivity contribution in [2.24, 2.45) is 0 Å². The third-order valence-corrected chi connectivity index (χ3v) is 7.60. The van der Waals surface area contributed by atoms with Crippen molar-refractivity contribution < 1.29 is 23.0 Å². The van der Waals surface area contributed by atoms with Gasteiger partial charge >= 0.3 is 0 Å². The predicted octanol–water partition coefficient (Wildman–Crippen LogP) is 4.22. The fourth-order valence-electron chi connectivity index (χ4n) is 4.27. The van der Waals surface area contributed by atoms with Crippen molar-refractivity contribution in [3.05, 3.63) is 58.7 Å². The molecule has 184 valence electrons. The van der Waals surface area contributed by atoms with Gasteiger partial charge in [0.15, 0.2) is 5.78 Å². The molecule has 1 fully saturated rings. The largest absolute Gasteiger partial charge is 0.337 e. The maximum Gasteiger partial charge on any atom is 0.247 e. The van der Waals surface area contributed by atoms with Crippen LogP contribution in [0.25, 0.3) is 10.9 Å². The minimum atomic E-state index is -3.00. The van der Waals surface area contributed by atoms with Crippen LogP contribution in [-0.4, -0.2) is 56.3 Å². The van der Waals surface area contributed by atoms with Crippen LogP contribution < -0.4 is 5.32 Å². The summed E-state index contributed by atoms with van der Waals surface area (Å²) in [6.07, 6.45) is 1.38. The van der Waals surface area contributed by atoms with Gasteiger partial charge in [0, 0.05) is 50.4 Å². The maximum atomic E-state index is 14.3. The zero-order valence-corrected chi connectivity index (χ0v) is 21.5. The molecule has 11 heteroatoms. The molecule has 8 nitrogen and oxygen atoms in total. The molecule has 1 aromatic heterocycles. The molecule has 1 unspecified atom stereocenters. The molecule has 0 radical (unpaired) electrons. The third kappa shape index (κ3) is 5.30. The van der Waals surface area contributed by atoms with Gasteiger partial charge in [-0.3, -0.25) is 14.4 Å². The molecule has 2 amide bonds. The summed E-state index contributed by atoms with van der Waals surface area (Å²) < 4.78 is 36.7. The van der Waals surface area contributed by atoms with Crippen molar-refractivity contribution in [1.82, 2.24) is 9.47 Å². The lowest BCUT2D eigenvalue weighted by atomic mass is 10.1. The number of carbonyl (C=O) groups is 3. The van der Waals surface area contributed by atoms with Crippen LogP contribution in [0.3, 0.4) is 0 Å². The Balaban J connectivity index is 1.61. The number of anilines is 1. The zero-order chi connectivity index (χ0) is 25.5. The lowest BCUT2D eigenvalue weighted by molar-refractivity contribution is -0.137. The van der Waals surface area contributed by atoms with Crippen LogP contribution in [0.5, 0.6) is 0 Å². The fourth-order valence-corrected chi connectivity index (χ4v) is 5.34. The smallest absolute Gasteiger partial charge is 0.247 e. The quantitative estimate of drug-likeness (QED) is 0.438. The number of hydrogen-bond acceptors (Lipinski definition) is 5. The predicted molar refractivity (Wildman–Crippen MR) is 135 cm³/mol. The Morgan fingerprint density at radius 2 is 1.97 bits per heavy atom. The number of Topliss-reactive ketones (excluding diaryl/α,β-unsaturated/α-hetero) is 1. The van der Waals surface area contributed by atoms with Crippen LogP contribution in [-0.2, 0) is 25.9 Å². The maximum absolute atomic E-state index is 14.3. The number of benzene rings is 2. The van der Waals surface area contributed by atoms with Crippen LogP contribution >= 0.6 is 15.9 Å². The molecule has 0 saturated carbocycles. The first-order chi connectivity index (χ1) is 16.4. The van der Waals surface area contributed by atoms with Crippen molar-refractivity contribution in [1.29, 1.82) is 4.78 Å². The van der Waals surface area contributed by atoms with Gasteiger partial charge in [-0.25, -0.2) is 13.4 Å². The molecule has 4 rings (SSSR count). The van der Waals surface area contributed by atoms with E-state index in [0.717, 1.165) is 4.47 Å². The zero-order valence-electron chi connectivity index (χ0n) is 19.1. The van der Waals surface area contributed by atoms with Gasteiger partial charge in [-0.2, -0.15) is 0 Å². The number of carbonyl (C=O) groups excluding carboxylic acids is 3. The van der Waals surface area contributed by atoms with Crippen molar-refractivity contribution in [3.8, 4) is 0 Å². The average Bonchev–Trinajstić information content (AvgIpc) is 3.34. The van der Waals surface area contributed by atoms with E-state index in [1.54, 1.807) is 34.9 Å². The SMILES string of the molecule is CC(=O)c1cn(CC(=O)N2C[C@H](F)C[C@H]2C(=O)Nc2cccc(Br)c2)c2ccc(S(C)(=N)=O)cc12. The Kier molecular flexibility index (Phi) is 6.83. The van der Waals surface area contributed by atoms with Gasteiger partial charge in [0.05, 0.1) is 16.3 Å². The molecule has 1 saturated heterocycles. The Bertz CT molecular complexity index is 1450. The van der Waals surface area contributed by atoms with E-state index < -0.39 is 33.8 Å². The van der Waals surface area contributed by atoms with E-state index in [4.69, 9.17) is 4.78 Å². The van der Waals surface area contributed by atoms with Crippen molar-refractivity contribution in [2.75, 3.05) is 18.1 Å². The highest BCUT2D eigenvalue weighted by Crippen LogP contribution is 2.28. The second-order valence-electron chi connectivity index (χ2n) is 8.64. The van der Waals surface area contributed by atoms with E-state index >= 15 is 0 Å². The number of rotatable bonds is 6. The average molecular weight is 563 g/mol. The van der Waals surface area contributed by atoms with Crippen LogP contribution in [0.1, 0.15) is 23.7 Å². The minimum absolute atomic E-state index is 0.103. The second kappa shape index (κ2) is 9.54. The molecule has 2 aromatic carbocycles. The first kappa shape index (κ1) is 25.1. The van der Waals surface area contributed by atoms with E-state index in [2.05, 4.69) is 21.2 Å². The molecule has 0 aliphatic carbocycles. The number of aromatic nitrogens is 1. The van der Waals surface area contributed by atoms with Gasteiger partial charge in [0.25, 0.3) is 0 Å². The molecule has 0 spiro atoms. The van der Waals surface area contributed by atoms with Crippen molar-refractivity contribution >= 4 is 59.8 Å². The van der Waals surface area contributed by atoms with Gasteiger partial charge in [-0.15, -0.1) is 0 Å². The monoisotopic (exact) mass is 562 g/mol. The summed E-state index contributed by atoms with van der Waals surface area (Å²) in [7, 11) is -3.00. The topological polar surface area (TPSA) is 112 Å². The first-order valence-corrected chi connectivity index (χ1v) is 13.6. The van der Waals surface area contributed by atoms with Crippen molar-refractivity contribution in [2.45, 2.75) is 37.0 Å². The summed E-state index contributed by atoms with van der Waals surface area (Å²) in [4.78, 5) is 39.8. The van der Waals surface area contributed by atoms with Gasteiger partial charge in [-0.1, -0.05) is 22.0 Å². The molecule has 2 N–H and O–H groups in total. The van der Waals surface area contributed by atoms with E-state index in [1.807, 2.05) is 0 Å². The number of nitrogens with one attached hydrogen (secondary N) is 2. The van der Waals surface area contributed by atoms with Gasteiger partial charge in [-0.05, 0) is 43.3 Å². The summed E-state index contributed by atoms with van der Waals surface area (Å²) in [6, 6.07) is 10.7. The third-order valence-electron chi connectivity index (χ3n) is 5.95. The van der Waals surface area contributed by atoms with E-state index in [1.165, 1.54) is 36.4 Å². The van der Waals surface area contributed by atoms with Gasteiger partial charge in [0.2, 0.25) is 11.8 Å². The van der Waals surface area contributed by atoms with Gasteiger partial charge < -0.3 is 14.8 Å². The second-order valence-corrected chi connectivity index (χ2v) is 11.7. The number of fused-ring (bicyclic) bond motifs is 1. The first-order valence-electron chi connectivity index (χ1n) is 10.8. The summed E-state index contributed by atoms with van der Waals surface area (Å²) in [5.74, 6) is -1.19. The van der Waals surface area contributed by atoms with E-state index in [9.17, 15) is 23.0 Å². The minimum Gasteiger partial charge on any atom is -0.337 e. The number of likely N-dealkylation sites (tertiary alicyclic amines) is 1. The molecule has 1 aliphatic rings. The molecule has 2 heterocycles. The Hall–Kier alpha value is -3.05. The van der Waals surface area contributed by atoms with Crippen LogP contribution in [0.4, 0.5) is 10.1 Å². The number of ketones is 1. The lowest BCUT2D eigenvalue weighted by Crippen LogP contribution is -2.44. The number of hydrogen-bond donors (Lipinski definition) is 2. The molecule has 1 aliphatic heterocycles. The molecular weight excluding hydrogens is 539 g/mol. The highest BCUT2D eigenvalue weighted by atomic mass is 79.9. The van der Waals surface area contributed by atoms with E-state index in [-0.39, 0.29) is 30.2 Å².